The van der Waals surface area contributed by atoms with Gasteiger partial charge >= 0.3 is 24.2 Å². The quantitative estimate of drug-likeness (QED) is 0.298. The molecule has 0 heterocycles. The molecule has 0 atom stereocenters. The van der Waals surface area contributed by atoms with Crippen LogP contribution in [0.1, 0.15) is 0 Å². The van der Waals surface area contributed by atoms with Crippen molar-refractivity contribution in [1.29, 1.82) is 0 Å². The average molecular weight is 422 g/mol. The van der Waals surface area contributed by atoms with Crippen LogP contribution < -0.4 is 9.47 Å². The number of benzene rings is 3. The molecule has 3 rings (SSSR count). The molecule has 0 fully saturated rings. The maximum atomic E-state index is 12.8. The van der Waals surface area contributed by atoms with E-state index in [2.05, 4.69) is 9.47 Å². The molecule has 0 aliphatic rings. The zero-order valence-electron chi connectivity index (χ0n) is 15.0. The van der Waals surface area contributed by atoms with Crippen LogP contribution in [0.25, 0.3) is 22.3 Å². The van der Waals surface area contributed by atoms with Gasteiger partial charge in [-0.25, -0.2) is 0 Å². The smallest absolute Gasteiger partial charge is 0.344 e. The van der Waals surface area contributed by atoms with Crippen LogP contribution in [0.2, 0.25) is 0 Å². The van der Waals surface area contributed by atoms with Gasteiger partial charge in [0.25, 0.3) is 0 Å². The van der Waals surface area contributed by atoms with Crippen LogP contribution in [-0.4, -0.2) is 0 Å². The minimum atomic E-state index is -2.54. The molecule has 0 amide bonds. The van der Waals surface area contributed by atoms with E-state index in [0.29, 0.717) is 0 Å². The maximum Gasteiger partial charge on any atom is 0.344 e. The Labute approximate surface area is 167 Å². The molecular formula is C22H12F6O2. The van der Waals surface area contributed by atoms with Crippen LogP contribution in [0.4, 0.5) is 26.3 Å². The first-order chi connectivity index (χ1) is 14.3. The third-order valence-electron chi connectivity index (χ3n) is 3.97. The Morgan fingerprint density at radius 2 is 0.633 bits per heavy atom. The SMILES string of the molecule is FC(F)=C(F)Oc1ccc(-c2ccc(-c3ccc(OC(F)=C(F)F)cc3)cc2)cc1. The Bertz CT molecular complexity index is 976. The molecule has 3 aromatic carbocycles. The molecule has 154 valence electrons. The number of rotatable bonds is 6. The second kappa shape index (κ2) is 9.21. The van der Waals surface area contributed by atoms with Crippen LogP contribution in [0.15, 0.2) is 97.0 Å². The number of hydrogen-bond donors (Lipinski definition) is 0. The van der Waals surface area contributed by atoms with E-state index in [0.717, 1.165) is 22.3 Å². The number of ether oxygens (including phenoxy) is 2. The molecule has 0 N–H and O–H groups in total. The molecule has 0 saturated carbocycles. The van der Waals surface area contributed by atoms with E-state index < -0.39 is 24.2 Å². The van der Waals surface area contributed by atoms with E-state index in [9.17, 15) is 26.3 Å². The number of halogens is 6. The van der Waals surface area contributed by atoms with Crippen molar-refractivity contribution >= 4 is 0 Å². The summed E-state index contributed by atoms with van der Waals surface area (Å²) in [5.41, 5.74) is 3.11. The molecule has 0 saturated heterocycles. The normalized spacial score (nSPS) is 10.3. The van der Waals surface area contributed by atoms with Crippen molar-refractivity contribution in [3.63, 3.8) is 0 Å². The van der Waals surface area contributed by atoms with E-state index in [1.54, 1.807) is 48.5 Å². The van der Waals surface area contributed by atoms with Crippen molar-refractivity contribution < 1.29 is 35.8 Å². The molecule has 0 spiro atoms. The van der Waals surface area contributed by atoms with Crippen LogP contribution >= 0.6 is 0 Å². The van der Waals surface area contributed by atoms with Crippen molar-refractivity contribution in [2.45, 2.75) is 0 Å². The Morgan fingerprint density at radius 1 is 0.400 bits per heavy atom. The summed E-state index contributed by atoms with van der Waals surface area (Å²) in [6.45, 7) is 0. The van der Waals surface area contributed by atoms with Crippen molar-refractivity contribution in [3.8, 4) is 33.8 Å². The second-order valence-corrected chi connectivity index (χ2v) is 5.90. The van der Waals surface area contributed by atoms with E-state index in [4.69, 9.17) is 0 Å². The summed E-state index contributed by atoms with van der Waals surface area (Å²) in [6.07, 6.45) is -5.07. The summed E-state index contributed by atoms with van der Waals surface area (Å²) >= 11 is 0. The molecule has 0 radical (unpaired) electrons. The Hall–Kier alpha value is -3.68. The second-order valence-electron chi connectivity index (χ2n) is 5.90. The van der Waals surface area contributed by atoms with Crippen molar-refractivity contribution in [2.75, 3.05) is 0 Å². The zero-order valence-corrected chi connectivity index (χ0v) is 15.0. The highest BCUT2D eigenvalue weighted by molar-refractivity contribution is 5.71. The lowest BCUT2D eigenvalue weighted by Gasteiger charge is -2.07. The van der Waals surface area contributed by atoms with Gasteiger partial charge in [0.1, 0.15) is 11.5 Å². The summed E-state index contributed by atoms with van der Waals surface area (Å²) in [7, 11) is 0. The van der Waals surface area contributed by atoms with Gasteiger partial charge in [0, 0.05) is 0 Å². The standard InChI is InChI=1S/C22H12F6O2/c23-19(24)21(27)29-17-9-5-15(6-10-17)13-1-2-14(4-3-13)16-7-11-18(12-8-16)30-22(28)20(25)26/h1-12H. The van der Waals surface area contributed by atoms with E-state index in [-0.39, 0.29) is 11.5 Å². The summed E-state index contributed by atoms with van der Waals surface area (Å²) in [5.74, 6) is -0.135. The molecule has 2 nitrogen and oxygen atoms in total. The lowest BCUT2D eigenvalue weighted by molar-refractivity contribution is 0.241. The molecule has 0 aliphatic heterocycles. The summed E-state index contributed by atoms with van der Waals surface area (Å²) < 4.78 is 82.6. The summed E-state index contributed by atoms with van der Waals surface area (Å²) in [4.78, 5) is 0. The Kier molecular flexibility index (Phi) is 6.46. The van der Waals surface area contributed by atoms with Gasteiger partial charge in [-0.05, 0) is 46.5 Å². The minimum absolute atomic E-state index is 0.0677. The largest absolute Gasteiger partial charge is 0.428 e. The fraction of sp³-hybridized carbons (Fsp3) is 0. The van der Waals surface area contributed by atoms with E-state index in [1.807, 2.05) is 0 Å². The lowest BCUT2D eigenvalue weighted by Crippen LogP contribution is -1.91. The predicted octanol–water partition coefficient (Wildman–Crippen LogP) is 7.85. The van der Waals surface area contributed by atoms with Gasteiger partial charge in [0.2, 0.25) is 0 Å². The molecular weight excluding hydrogens is 410 g/mol. The molecule has 0 unspecified atom stereocenters. The monoisotopic (exact) mass is 422 g/mol. The highest BCUT2D eigenvalue weighted by Gasteiger charge is 2.09. The van der Waals surface area contributed by atoms with Gasteiger partial charge in [-0.3, -0.25) is 0 Å². The van der Waals surface area contributed by atoms with Crippen LogP contribution in [-0.2, 0) is 0 Å². The van der Waals surface area contributed by atoms with Crippen LogP contribution in [0.3, 0.4) is 0 Å². The van der Waals surface area contributed by atoms with Crippen molar-refractivity contribution in [2.24, 2.45) is 0 Å². The highest BCUT2D eigenvalue weighted by Crippen LogP contribution is 2.29. The Balaban J connectivity index is 1.72. The predicted molar refractivity (Wildman–Crippen MR) is 99.3 cm³/mol. The molecule has 8 heteroatoms. The van der Waals surface area contributed by atoms with Crippen LogP contribution in [0, 0.1) is 0 Å². The van der Waals surface area contributed by atoms with Crippen LogP contribution in [0.5, 0.6) is 11.5 Å². The van der Waals surface area contributed by atoms with Crippen molar-refractivity contribution in [1.82, 2.24) is 0 Å². The van der Waals surface area contributed by atoms with E-state index in [1.165, 1.54) is 24.3 Å². The number of hydrogen-bond acceptors (Lipinski definition) is 2. The molecule has 3 aromatic rings. The average Bonchev–Trinajstić information content (AvgIpc) is 2.75. The summed E-state index contributed by atoms with van der Waals surface area (Å²) in [5, 5.41) is 0. The van der Waals surface area contributed by atoms with E-state index >= 15 is 0 Å². The lowest BCUT2D eigenvalue weighted by atomic mass is 10.0. The zero-order chi connectivity index (χ0) is 21.7. The van der Waals surface area contributed by atoms with Gasteiger partial charge < -0.3 is 9.47 Å². The van der Waals surface area contributed by atoms with Gasteiger partial charge in [-0.15, -0.1) is 0 Å². The topological polar surface area (TPSA) is 18.5 Å². The molecule has 0 aliphatic carbocycles. The molecule has 30 heavy (non-hydrogen) atoms. The minimum Gasteiger partial charge on any atom is -0.428 e. The third-order valence-corrected chi connectivity index (χ3v) is 3.97. The molecule has 0 aromatic heterocycles. The molecule has 0 bridgehead atoms. The fourth-order valence-electron chi connectivity index (χ4n) is 2.57. The summed E-state index contributed by atoms with van der Waals surface area (Å²) in [6, 6.07) is 15.1. The first-order valence-corrected chi connectivity index (χ1v) is 8.41. The Morgan fingerprint density at radius 3 is 0.867 bits per heavy atom. The fourth-order valence-corrected chi connectivity index (χ4v) is 2.57. The van der Waals surface area contributed by atoms with Gasteiger partial charge in [-0.2, -0.15) is 26.3 Å². The van der Waals surface area contributed by atoms with Crippen molar-refractivity contribution in [3.05, 3.63) is 97.0 Å². The van der Waals surface area contributed by atoms with Gasteiger partial charge in [-0.1, -0.05) is 48.5 Å². The third kappa shape index (κ3) is 5.22. The van der Waals surface area contributed by atoms with Gasteiger partial charge in [0.05, 0.1) is 0 Å². The first-order valence-electron chi connectivity index (χ1n) is 8.41. The highest BCUT2D eigenvalue weighted by atomic mass is 19.3. The maximum absolute atomic E-state index is 12.8. The van der Waals surface area contributed by atoms with Gasteiger partial charge in [0.15, 0.2) is 0 Å². The first kappa shape index (κ1) is 21.0.